The molecule has 118 valence electrons. The number of ether oxygens (including phenoxy) is 1. The molecule has 1 unspecified atom stereocenters. The van der Waals surface area contributed by atoms with Crippen molar-refractivity contribution in [2.75, 3.05) is 31.1 Å². The number of anilines is 1. The van der Waals surface area contributed by atoms with Crippen LogP contribution in [-0.4, -0.2) is 37.3 Å². The number of hydrogen-bond donors (Lipinski definition) is 1. The van der Waals surface area contributed by atoms with E-state index in [1.54, 1.807) is 0 Å². The van der Waals surface area contributed by atoms with Gasteiger partial charge >= 0.3 is 0 Å². The number of nitrogens with zero attached hydrogens (tertiary/aromatic N) is 2. The lowest BCUT2D eigenvalue weighted by atomic mass is 10.1. The molecule has 2 heterocycles. The Hall–Kier alpha value is -1.13. The van der Waals surface area contributed by atoms with Gasteiger partial charge in [-0.25, -0.2) is 4.98 Å². The summed E-state index contributed by atoms with van der Waals surface area (Å²) >= 11 is 0. The minimum atomic E-state index is 0.355. The van der Waals surface area contributed by atoms with Gasteiger partial charge in [-0.1, -0.05) is 19.9 Å². The van der Waals surface area contributed by atoms with Crippen molar-refractivity contribution in [1.82, 2.24) is 10.3 Å². The van der Waals surface area contributed by atoms with E-state index in [0.29, 0.717) is 12.0 Å². The first-order valence-corrected chi connectivity index (χ1v) is 8.22. The number of piperidine rings is 1. The Kier molecular flexibility index (Phi) is 6.46. The van der Waals surface area contributed by atoms with Gasteiger partial charge in [-0.2, -0.15) is 0 Å². The summed E-state index contributed by atoms with van der Waals surface area (Å²) in [5.41, 5.74) is 1.12. The maximum Gasteiger partial charge on any atom is 0.128 e. The van der Waals surface area contributed by atoms with E-state index in [-0.39, 0.29) is 0 Å². The third-order valence-electron chi connectivity index (χ3n) is 3.76. The molecule has 4 heteroatoms. The lowest BCUT2D eigenvalue weighted by Crippen LogP contribution is -2.40. The topological polar surface area (TPSA) is 37.4 Å². The second kappa shape index (κ2) is 8.35. The molecule has 1 aromatic rings. The lowest BCUT2D eigenvalue weighted by Gasteiger charge is -2.33. The van der Waals surface area contributed by atoms with Crippen LogP contribution in [0.15, 0.2) is 18.2 Å². The van der Waals surface area contributed by atoms with Crippen molar-refractivity contribution in [1.29, 1.82) is 0 Å². The molecule has 4 nitrogen and oxygen atoms in total. The van der Waals surface area contributed by atoms with Crippen LogP contribution in [0.4, 0.5) is 5.82 Å². The van der Waals surface area contributed by atoms with Gasteiger partial charge in [0.1, 0.15) is 5.82 Å². The lowest BCUT2D eigenvalue weighted by molar-refractivity contribution is 0.0525. The Balaban J connectivity index is 1.93. The van der Waals surface area contributed by atoms with Crippen LogP contribution in [0.5, 0.6) is 0 Å². The molecule has 0 aliphatic carbocycles. The molecule has 0 saturated carbocycles. The average Bonchev–Trinajstić information content (AvgIpc) is 2.48. The molecule has 21 heavy (non-hydrogen) atoms. The Morgan fingerprint density at radius 3 is 3.05 bits per heavy atom. The average molecular weight is 291 g/mol. The van der Waals surface area contributed by atoms with E-state index >= 15 is 0 Å². The zero-order valence-corrected chi connectivity index (χ0v) is 13.6. The van der Waals surface area contributed by atoms with E-state index in [2.05, 4.69) is 49.2 Å². The van der Waals surface area contributed by atoms with E-state index in [4.69, 9.17) is 9.72 Å². The Bertz CT molecular complexity index is 420. The number of nitrogens with one attached hydrogen (secondary N) is 1. The number of hydrogen-bond acceptors (Lipinski definition) is 4. The third kappa shape index (κ3) is 5.29. The first kappa shape index (κ1) is 16.2. The fraction of sp³-hybridized carbons (Fsp3) is 0.706. The molecule has 1 fully saturated rings. The van der Waals surface area contributed by atoms with Crippen LogP contribution in [0.2, 0.25) is 0 Å². The summed E-state index contributed by atoms with van der Waals surface area (Å²) in [6.07, 6.45) is 2.70. The summed E-state index contributed by atoms with van der Waals surface area (Å²) in [5.74, 6) is 1.76. The van der Waals surface area contributed by atoms with Gasteiger partial charge in [-0.3, -0.25) is 0 Å². The monoisotopic (exact) mass is 291 g/mol. The molecule has 1 saturated heterocycles. The number of pyridine rings is 1. The van der Waals surface area contributed by atoms with Crippen LogP contribution in [0.1, 0.15) is 39.3 Å². The third-order valence-corrected chi connectivity index (χ3v) is 3.76. The van der Waals surface area contributed by atoms with Gasteiger partial charge in [0.25, 0.3) is 0 Å². The van der Waals surface area contributed by atoms with E-state index in [1.807, 2.05) is 0 Å². The molecular weight excluding hydrogens is 262 g/mol. The normalized spacial score (nSPS) is 19.2. The van der Waals surface area contributed by atoms with Gasteiger partial charge < -0.3 is 15.0 Å². The van der Waals surface area contributed by atoms with Crippen molar-refractivity contribution < 1.29 is 4.74 Å². The van der Waals surface area contributed by atoms with Crippen LogP contribution in [-0.2, 0) is 11.3 Å². The molecule has 0 aromatic carbocycles. The Labute approximate surface area is 128 Å². The number of aromatic nitrogens is 1. The van der Waals surface area contributed by atoms with E-state index in [0.717, 1.165) is 44.3 Å². The van der Waals surface area contributed by atoms with Gasteiger partial charge in [0, 0.05) is 26.2 Å². The van der Waals surface area contributed by atoms with Crippen molar-refractivity contribution in [3.63, 3.8) is 0 Å². The fourth-order valence-corrected chi connectivity index (χ4v) is 2.75. The van der Waals surface area contributed by atoms with Gasteiger partial charge in [0.05, 0.1) is 11.8 Å². The summed E-state index contributed by atoms with van der Waals surface area (Å²) in [6, 6.07) is 6.32. The molecule has 1 atom stereocenters. The largest absolute Gasteiger partial charge is 0.377 e. The summed E-state index contributed by atoms with van der Waals surface area (Å²) in [6.45, 7) is 11.2. The van der Waals surface area contributed by atoms with E-state index < -0.39 is 0 Å². The zero-order valence-electron chi connectivity index (χ0n) is 13.6. The molecule has 1 N–H and O–H groups in total. The van der Waals surface area contributed by atoms with Crippen molar-refractivity contribution in [2.45, 2.75) is 46.3 Å². The highest BCUT2D eigenvalue weighted by molar-refractivity contribution is 5.40. The maximum absolute atomic E-state index is 5.77. The summed E-state index contributed by atoms with van der Waals surface area (Å²) in [4.78, 5) is 7.15. The molecule has 1 aliphatic rings. The first-order chi connectivity index (χ1) is 10.2. The molecular formula is C17H29N3O. The van der Waals surface area contributed by atoms with Crippen molar-refractivity contribution in [3.05, 3.63) is 23.9 Å². The predicted molar refractivity (Wildman–Crippen MR) is 87.6 cm³/mol. The molecule has 0 spiro atoms. The van der Waals surface area contributed by atoms with Gasteiger partial charge in [-0.05, 0) is 44.4 Å². The second-order valence-electron chi connectivity index (χ2n) is 6.18. The standard InChI is InChI=1S/C17H29N3O/c1-4-21-16-8-6-10-20(13-16)17-9-5-7-15(19-17)12-18-11-14(2)3/h5,7,9,14,16,18H,4,6,8,10-13H2,1-3H3. The SMILES string of the molecule is CCOC1CCCN(c2cccc(CNCC(C)C)n2)C1. The van der Waals surface area contributed by atoms with Crippen LogP contribution in [0, 0.1) is 5.92 Å². The van der Waals surface area contributed by atoms with Crippen LogP contribution < -0.4 is 10.2 Å². The molecule has 0 bridgehead atoms. The van der Waals surface area contributed by atoms with E-state index in [1.165, 1.54) is 12.8 Å². The smallest absolute Gasteiger partial charge is 0.128 e. The van der Waals surface area contributed by atoms with Crippen LogP contribution in [0.25, 0.3) is 0 Å². The highest BCUT2D eigenvalue weighted by Gasteiger charge is 2.21. The van der Waals surface area contributed by atoms with E-state index in [9.17, 15) is 0 Å². The highest BCUT2D eigenvalue weighted by atomic mass is 16.5. The number of rotatable bonds is 7. The summed E-state index contributed by atoms with van der Waals surface area (Å²) in [5, 5.41) is 3.45. The summed E-state index contributed by atoms with van der Waals surface area (Å²) < 4.78 is 5.77. The van der Waals surface area contributed by atoms with Gasteiger partial charge in [0.15, 0.2) is 0 Å². The van der Waals surface area contributed by atoms with Crippen molar-refractivity contribution >= 4 is 5.82 Å². The highest BCUT2D eigenvalue weighted by Crippen LogP contribution is 2.19. The molecule has 1 aromatic heterocycles. The van der Waals surface area contributed by atoms with Crippen molar-refractivity contribution in [2.24, 2.45) is 5.92 Å². The Morgan fingerprint density at radius 2 is 2.29 bits per heavy atom. The van der Waals surface area contributed by atoms with Gasteiger partial charge in [-0.15, -0.1) is 0 Å². The first-order valence-electron chi connectivity index (χ1n) is 8.22. The zero-order chi connectivity index (χ0) is 15.1. The maximum atomic E-state index is 5.77. The fourth-order valence-electron chi connectivity index (χ4n) is 2.75. The molecule has 0 radical (unpaired) electrons. The van der Waals surface area contributed by atoms with Crippen LogP contribution >= 0.6 is 0 Å². The minimum Gasteiger partial charge on any atom is -0.377 e. The van der Waals surface area contributed by atoms with Crippen LogP contribution in [0.3, 0.4) is 0 Å². The summed E-state index contributed by atoms with van der Waals surface area (Å²) in [7, 11) is 0. The molecule has 1 aliphatic heterocycles. The Morgan fingerprint density at radius 1 is 1.43 bits per heavy atom. The molecule has 2 rings (SSSR count). The van der Waals surface area contributed by atoms with Crippen molar-refractivity contribution in [3.8, 4) is 0 Å². The molecule has 0 amide bonds. The van der Waals surface area contributed by atoms with Gasteiger partial charge in [0.2, 0.25) is 0 Å². The second-order valence-corrected chi connectivity index (χ2v) is 6.18. The minimum absolute atomic E-state index is 0.355. The predicted octanol–water partition coefficient (Wildman–Crippen LogP) is 2.83. The quantitative estimate of drug-likeness (QED) is 0.838.